The van der Waals surface area contributed by atoms with Crippen LogP contribution in [0.25, 0.3) is 0 Å². The van der Waals surface area contributed by atoms with Gasteiger partial charge in [-0.05, 0) is 80.5 Å². The van der Waals surface area contributed by atoms with Gasteiger partial charge in [0.25, 0.3) is 0 Å². The number of aromatic nitrogens is 1. The number of carbonyl (C=O) groups is 1. The van der Waals surface area contributed by atoms with Crippen LogP contribution in [0, 0.1) is 6.92 Å². The van der Waals surface area contributed by atoms with Crippen molar-refractivity contribution in [1.29, 1.82) is 0 Å². The molecule has 3 atom stereocenters. The number of nitrogens with zero attached hydrogens (tertiary/aromatic N) is 2. The normalized spacial score (nSPS) is 20.2. The molecule has 3 unspecified atom stereocenters. The van der Waals surface area contributed by atoms with Gasteiger partial charge in [0, 0.05) is 44.0 Å². The van der Waals surface area contributed by atoms with Crippen LogP contribution in [0.3, 0.4) is 0 Å². The zero-order chi connectivity index (χ0) is 27.6. The molecule has 0 spiro atoms. The molecular formula is C31H40N4O3S. The predicted octanol–water partition coefficient (Wildman–Crippen LogP) is 5.01. The molecule has 1 aromatic heterocycles. The summed E-state index contributed by atoms with van der Waals surface area (Å²) in [5.41, 5.74) is 5.60. The van der Waals surface area contributed by atoms with Crippen LogP contribution in [0.5, 0.6) is 0 Å². The van der Waals surface area contributed by atoms with Gasteiger partial charge < -0.3 is 15.2 Å². The highest BCUT2D eigenvalue weighted by atomic mass is 32.2. The Morgan fingerprint density at radius 1 is 1.10 bits per heavy atom. The minimum atomic E-state index is -3.76. The van der Waals surface area contributed by atoms with Gasteiger partial charge in [-0.25, -0.2) is 8.42 Å². The SMILES string of the molecule is CCC(C)NCc1ccc2c(c1)CCCC2NC(=O)CC1c2cccn2CCN1S(=O)(=O)c1ccc(C)cc1. The van der Waals surface area contributed by atoms with Crippen molar-refractivity contribution in [2.75, 3.05) is 6.54 Å². The molecule has 3 aromatic rings. The van der Waals surface area contributed by atoms with E-state index in [-0.39, 0.29) is 23.3 Å². The van der Waals surface area contributed by atoms with Crippen LogP contribution >= 0.6 is 0 Å². The first-order chi connectivity index (χ1) is 18.8. The standard InChI is InChI=1S/C31H40N4O3S/c1-4-23(3)32-21-24-12-15-27-25(19-24)7-5-8-28(27)33-31(36)20-30-29-9-6-16-34(29)17-18-35(30)39(37,38)26-13-10-22(2)11-14-26/h6,9-16,19,23,28,30,32H,4-5,7-8,17-18,20-21H2,1-3H3,(H,33,36). The third kappa shape index (κ3) is 5.98. The summed E-state index contributed by atoms with van der Waals surface area (Å²) < 4.78 is 31.0. The molecule has 0 radical (unpaired) electrons. The Morgan fingerprint density at radius 2 is 1.90 bits per heavy atom. The first-order valence-corrected chi connectivity index (χ1v) is 15.6. The summed E-state index contributed by atoms with van der Waals surface area (Å²) in [7, 11) is -3.76. The second kappa shape index (κ2) is 11.7. The molecule has 2 aromatic carbocycles. The van der Waals surface area contributed by atoms with Gasteiger partial charge in [0.15, 0.2) is 0 Å². The number of benzene rings is 2. The minimum Gasteiger partial charge on any atom is -0.349 e. The van der Waals surface area contributed by atoms with Crippen molar-refractivity contribution in [2.24, 2.45) is 0 Å². The fourth-order valence-corrected chi connectivity index (χ4v) is 7.37. The van der Waals surface area contributed by atoms with Gasteiger partial charge in [-0.1, -0.05) is 42.8 Å². The number of nitrogens with one attached hydrogen (secondary N) is 2. The van der Waals surface area contributed by atoms with Gasteiger partial charge in [0.1, 0.15) is 0 Å². The molecule has 0 saturated heterocycles. The van der Waals surface area contributed by atoms with Crippen LogP contribution in [-0.2, 0) is 34.3 Å². The zero-order valence-corrected chi connectivity index (χ0v) is 24.0. The maximum absolute atomic E-state index is 13.7. The highest BCUT2D eigenvalue weighted by Crippen LogP contribution is 2.35. The van der Waals surface area contributed by atoms with E-state index < -0.39 is 16.1 Å². The van der Waals surface area contributed by atoms with E-state index in [4.69, 9.17) is 0 Å². The molecule has 1 aliphatic carbocycles. The fraction of sp³-hybridized carbons (Fsp3) is 0.452. The zero-order valence-electron chi connectivity index (χ0n) is 23.2. The molecule has 2 N–H and O–H groups in total. The quantitative estimate of drug-likeness (QED) is 0.394. The molecular weight excluding hydrogens is 508 g/mol. The molecule has 1 aliphatic heterocycles. The Balaban J connectivity index is 1.33. The van der Waals surface area contributed by atoms with Gasteiger partial charge in [-0.3, -0.25) is 4.79 Å². The molecule has 1 amide bonds. The van der Waals surface area contributed by atoms with Crippen molar-refractivity contribution in [3.05, 3.63) is 88.7 Å². The molecule has 2 aliphatic rings. The highest BCUT2D eigenvalue weighted by molar-refractivity contribution is 7.89. The second-order valence-electron chi connectivity index (χ2n) is 11.0. The van der Waals surface area contributed by atoms with E-state index in [2.05, 4.69) is 47.2 Å². The number of fused-ring (bicyclic) bond motifs is 2. The lowest BCUT2D eigenvalue weighted by atomic mass is 9.86. The Hall–Kier alpha value is -2.94. The number of rotatable bonds is 9. The first kappa shape index (κ1) is 27.6. The molecule has 2 heterocycles. The van der Waals surface area contributed by atoms with Gasteiger partial charge in [-0.15, -0.1) is 0 Å². The maximum atomic E-state index is 13.7. The fourth-order valence-electron chi connectivity index (χ4n) is 5.78. The number of carbonyl (C=O) groups excluding carboxylic acids is 1. The number of amides is 1. The van der Waals surface area contributed by atoms with Crippen molar-refractivity contribution in [3.8, 4) is 0 Å². The smallest absolute Gasteiger partial charge is 0.243 e. The van der Waals surface area contributed by atoms with Gasteiger partial charge in [0.2, 0.25) is 15.9 Å². The summed E-state index contributed by atoms with van der Waals surface area (Å²) in [4.78, 5) is 13.8. The van der Waals surface area contributed by atoms with Crippen molar-refractivity contribution in [1.82, 2.24) is 19.5 Å². The Bertz CT molecular complexity index is 1410. The third-order valence-electron chi connectivity index (χ3n) is 8.25. The topological polar surface area (TPSA) is 83.4 Å². The van der Waals surface area contributed by atoms with E-state index in [0.717, 1.165) is 43.5 Å². The van der Waals surface area contributed by atoms with E-state index in [9.17, 15) is 13.2 Å². The predicted molar refractivity (Wildman–Crippen MR) is 154 cm³/mol. The van der Waals surface area contributed by atoms with Gasteiger partial charge in [-0.2, -0.15) is 4.31 Å². The van der Waals surface area contributed by atoms with E-state index in [1.54, 1.807) is 12.1 Å². The second-order valence-corrected chi connectivity index (χ2v) is 12.9. The monoisotopic (exact) mass is 548 g/mol. The lowest BCUT2D eigenvalue weighted by Crippen LogP contribution is -2.44. The summed E-state index contributed by atoms with van der Waals surface area (Å²) in [5, 5.41) is 6.81. The summed E-state index contributed by atoms with van der Waals surface area (Å²) in [6.07, 6.45) is 6.04. The average Bonchev–Trinajstić information content (AvgIpc) is 3.41. The minimum absolute atomic E-state index is 0.0599. The molecule has 5 rings (SSSR count). The van der Waals surface area contributed by atoms with Crippen LogP contribution in [-0.4, -0.2) is 35.8 Å². The van der Waals surface area contributed by atoms with Crippen LogP contribution in [0.15, 0.2) is 65.7 Å². The highest BCUT2D eigenvalue weighted by Gasteiger charge is 2.38. The Kier molecular flexibility index (Phi) is 8.26. The van der Waals surface area contributed by atoms with Crippen LogP contribution in [0.2, 0.25) is 0 Å². The van der Waals surface area contributed by atoms with Crippen molar-refractivity contribution < 1.29 is 13.2 Å². The molecule has 208 valence electrons. The van der Waals surface area contributed by atoms with Gasteiger partial charge >= 0.3 is 0 Å². The summed E-state index contributed by atoms with van der Waals surface area (Å²) in [5.74, 6) is -0.126. The van der Waals surface area contributed by atoms with Crippen molar-refractivity contribution >= 4 is 15.9 Å². The molecule has 0 fully saturated rings. The van der Waals surface area contributed by atoms with E-state index in [1.807, 2.05) is 37.4 Å². The Morgan fingerprint density at radius 3 is 2.67 bits per heavy atom. The number of hydrogen-bond acceptors (Lipinski definition) is 4. The molecule has 8 heteroatoms. The van der Waals surface area contributed by atoms with Gasteiger partial charge in [0.05, 0.1) is 17.0 Å². The third-order valence-corrected chi connectivity index (χ3v) is 10.2. The average molecular weight is 549 g/mol. The largest absolute Gasteiger partial charge is 0.349 e. The van der Waals surface area contributed by atoms with E-state index in [0.29, 0.717) is 19.1 Å². The van der Waals surface area contributed by atoms with Crippen molar-refractivity contribution in [2.45, 2.75) is 89.0 Å². The molecule has 7 nitrogen and oxygen atoms in total. The Labute approximate surface area is 232 Å². The molecule has 39 heavy (non-hydrogen) atoms. The number of aryl methyl sites for hydroxylation is 2. The maximum Gasteiger partial charge on any atom is 0.243 e. The number of sulfonamides is 1. The first-order valence-electron chi connectivity index (χ1n) is 14.1. The van der Waals surface area contributed by atoms with Crippen molar-refractivity contribution in [3.63, 3.8) is 0 Å². The van der Waals surface area contributed by atoms with Crippen LogP contribution < -0.4 is 10.6 Å². The summed E-state index contributed by atoms with van der Waals surface area (Å²) in [6, 6.07) is 17.2. The lowest BCUT2D eigenvalue weighted by Gasteiger charge is -2.36. The summed E-state index contributed by atoms with van der Waals surface area (Å²) >= 11 is 0. The van der Waals surface area contributed by atoms with Crippen LogP contribution in [0.1, 0.15) is 79.6 Å². The molecule has 0 bridgehead atoms. The number of hydrogen-bond donors (Lipinski definition) is 2. The van der Waals surface area contributed by atoms with E-state index >= 15 is 0 Å². The summed E-state index contributed by atoms with van der Waals surface area (Å²) in [6.45, 7) is 8.04. The van der Waals surface area contributed by atoms with E-state index in [1.165, 1.54) is 21.0 Å². The lowest BCUT2D eigenvalue weighted by molar-refractivity contribution is -0.123. The molecule has 0 saturated carbocycles. The van der Waals surface area contributed by atoms with Crippen LogP contribution in [0.4, 0.5) is 0 Å².